The van der Waals surface area contributed by atoms with E-state index < -0.39 is 17.8 Å². The number of hydrogen-bond donors (Lipinski definition) is 1. The summed E-state index contributed by atoms with van der Waals surface area (Å²) >= 11 is 5.69. The van der Waals surface area contributed by atoms with E-state index in [0.29, 0.717) is 53.1 Å². The highest BCUT2D eigenvalue weighted by molar-refractivity contribution is 7.80. The van der Waals surface area contributed by atoms with Crippen LogP contribution in [0.15, 0.2) is 53.7 Å². The summed E-state index contributed by atoms with van der Waals surface area (Å²) in [5.74, 6) is 0.310. The molecule has 2 aliphatic rings. The van der Waals surface area contributed by atoms with Crippen LogP contribution >= 0.6 is 12.2 Å². The molecular weight excluding hydrogens is 419 g/mol. The smallest absolute Gasteiger partial charge is 0.338 e. The highest BCUT2D eigenvalue weighted by atomic mass is 32.1. The van der Waals surface area contributed by atoms with Crippen LogP contribution in [0, 0.1) is 5.82 Å². The molecule has 2 aromatic carbocycles. The normalized spacial score (nSPS) is 18.0. The monoisotopic (exact) mass is 442 g/mol. The van der Waals surface area contributed by atoms with Crippen LogP contribution in [0.2, 0.25) is 0 Å². The van der Waals surface area contributed by atoms with Crippen molar-refractivity contribution in [1.82, 2.24) is 5.32 Å². The van der Waals surface area contributed by atoms with Crippen LogP contribution in [0.5, 0.6) is 11.5 Å². The molecule has 0 aromatic heterocycles. The Kier molecular flexibility index (Phi) is 6.08. The third-order valence-electron chi connectivity index (χ3n) is 5.23. The Morgan fingerprint density at radius 1 is 1.23 bits per heavy atom. The number of nitrogens with zero attached hydrogens (tertiary/aromatic N) is 1. The lowest BCUT2D eigenvalue weighted by atomic mass is 9.92. The van der Waals surface area contributed by atoms with Gasteiger partial charge in [-0.15, -0.1) is 0 Å². The fourth-order valence-corrected chi connectivity index (χ4v) is 4.22. The third-order valence-corrected chi connectivity index (χ3v) is 5.53. The molecule has 0 saturated heterocycles. The molecule has 0 bridgehead atoms. The summed E-state index contributed by atoms with van der Waals surface area (Å²) in [6.07, 6.45) is 1.30. The molecule has 1 N–H and O–H groups in total. The third kappa shape index (κ3) is 3.95. The minimum atomic E-state index is -0.754. The number of esters is 1. The lowest BCUT2D eigenvalue weighted by molar-refractivity contribution is -0.136. The molecule has 2 heterocycles. The van der Waals surface area contributed by atoms with Gasteiger partial charge in [0.1, 0.15) is 19.0 Å². The fourth-order valence-electron chi connectivity index (χ4n) is 3.89. The van der Waals surface area contributed by atoms with Crippen molar-refractivity contribution >= 4 is 29.0 Å². The molecule has 31 heavy (non-hydrogen) atoms. The van der Waals surface area contributed by atoms with Crippen LogP contribution in [0.3, 0.4) is 0 Å². The van der Waals surface area contributed by atoms with Crippen LogP contribution in [-0.2, 0) is 9.53 Å². The molecule has 6 nitrogen and oxygen atoms in total. The first-order valence-corrected chi connectivity index (χ1v) is 10.5. The van der Waals surface area contributed by atoms with Gasteiger partial charge >= 0.3 is 5.97 Å². The Hall–Kier alpha value is -3.13. The predicted molar refractivity (Wildman–Crippen MR) is 119 cm³/mol. The van der Waals surface area contributed by atoms with Gasteiger partial charge in [-0.25, -0.2) is 9.18 Å². The number of methoxy groups -OCH3 is 1. The summed E-state index contributed by atoms with van der Waals surface area (Å²) in [5.41, 5.74) is 2.06. The number of benzene rings is 2. The lowest BCUT2D eigenvalue weighted by Crippen LogP contribution is -2.48. The summed E-state index contributed by atoms with van der Waals surface area (Å²) in [5, 5.41) is 3.50. The average Bonchev–Trinajstić information content (AvgIpc) is 2.78. The van der Waals surface area contributed by atoms with Gasteiger partial charge in [0, 0.05) is 17.3 Å². The molecule has 0 unspecified atom stereocenters. The molecule has 2 aliphatic heterocycles. The number of rotatable bonds is 5. The largest absolute Gasteiger partial charge is 0.486 e. The van der Waals surface area contributed by atoms with E-state index in [0.717, 1.165) is 12.1 Å². The average molecular weight is 443 g/mol. The van der Waals surface area contributed by atoms with Crippen LogP contribution in [-0.4, -0.2) is 31.4 Å². The standard InChI is InChI=1S/C23H23FN2O4S/c1-3-6-17-20(22(27)28-2)21(15-7-4-5-8-16(15)24)25-23(31)26(17)14-9-10-18-19(13-14)30-12-11-29-18/h4-5,7-10,13,21H,3,6,11-12H2,1-2H3,(H,25,31)/t21-/m0/s1. The summed E-state index contributed by atoms with van der Waals surface area (Å²) in [6, 6.07) is 11.1. The number of ether oxygens (including phenoxy) is 3. The summed E-state index contributed by atoms with van der Waals surface area (Å²) in [4.78, 5) is 14.7. The minimum Gasteiger partial charge on any atom is -0.486 e. The van der Waals surface area contributed by atoms with Crippen molar-refractivity contribution in [2.24, 2.45) is 0 Å². The maximum Gasteiger partial charge on any atom is 0.338 e. The van der Waals surface area contributed by atoms with Crippen molar-refractivity contribution in [3.05, 3.63) is 65.1 Å². The summed E-state index contributed by atoms with van der Waals surface area (Å²) in [7, 11) is 1.32. The van der Waals surface area contributed by atoms with Crippen molar-refractivity contribution in [3.8, 4) is 11.5 Å². The highest BCUT2D eigenvalue weighted by Crippen LogP contribution is 2.40. The first kappa shape index (κ1) is 21.1. The topological polar surface area (TPSA) is 60.0 Å². The fraction of sp³-hybridized carbons (Fsp3) is 0.304. The van der Waals surface area contributed by atoms with E-state index >= 15 is 0 Å². The molecular formula is C23H23FN2O4S. The van der Waals surface area contributed by atoms with E-state index in [9.17, 15) is 9.18 Å². The number of nitrogens with one attached hydrogen (secondary N) is 1. The van der Waals surface area contributed by atoms with Gasteiger partial charge in [-0.05, 0) is 36.8 Å². The summed E-state index contributed by atoms with van der Waals surface area (Å²) in [6.45, 7) is 2.96. The van der Waals surface area contributed by atoms with E-state index in [4.69, 9.17) is 26.4 Å². The zero-order valence-electron chi connectivity index (χ0n) is 17.3. The first-order chi connectivity index (χ1) is 15.0. The van der Waals surface area contributed by atoms with Gasteiger partial charge in [-0.1, -0.05) is 31.5 Å². The van der Waals surface area contributed by atoms with Crippen molar-refractivity contribution in [2.45, 2.75) is 25.8 Å². The lowest BCUT2D eigenvalue weighted by Gasteiger charge is -2.39. The second-order valence-corrected chi connectivity index (χ2v) is 7.56. The maximum absolute atomic E-state index is 14.7. The molecule has 0 spiro atoms. The van der Waals surface area contributed by atoms with E-state index in [1.54, 1.807) is 23.1 Å². The maximum atomic E-state index is 14.7. The van der Waals surface area contributed by atoms with Gasteiger partial charge in [0.2, 0.25) is 0 Å². The van der Waals surface area contributed by atoms with Gasteiger partial charge < -0.3 is 19.5 Å². The number of carbonyl (C=O) groups excluding carboxylic acids is 1. The molecule has 0 radical (unpaired) electrons. The molecule has 2 aromatic rings. The quantitative estimate of drug-likeness (QED) is 0.548. The van der Waals surface area contributed by atoms with Gasteiger partial charge in [-0.3, -0.25) is 4.90 Å². The van der Waals surface area contributed by atoms with Crippen molar-refractivity contribution in [1.29, 1.82) is 0 Å². The summed E-state index contributed by atoms with van der Waals surface area (Å²) < 4.78 is 31.1. The number of hydrogen-bond acceptors (Lipinski definition) is 5. The Balaban J connectivity index is 1.88. The molecule has 0 aliphatic carbocycles. The highest BCUT2D eigenvalue weighted by Gasteiger charge is 2.38. The van der Waals surface area contributed by atoms with Gasteiger partial charge in [0.25, 0.3) is 0 Å². The van der Waals surface area contributed by atoms with Crippen LogP contribution in [0.4, 0.5) is 10.1 Å². The molecule has 0 amide bonds. The van der Waals surface area contributed by atoms with Crippen LogP contribution in [0.1, 0.15) is 31.4 Å². The zero-order valence-corrected chi connectivity index (χ0v) is 18.1. The van der Waals surface area contributed by atoms with Gasteiger partial charge in [-0.2, -0.15) is 0 Å². The van der Waals surface area contributed by atoms with Crippen LogP contribution in [0.25, 0.3) is 0 Å². The number of fused-ring (bicyclic) bond motifs is 1. The first-order valence-electron chi connectivity index (χ1n) is 10.1. The number of anilines is 1. The molecule has 1 atom stereocenters. The number of thiocarbonyl (C=S) groups is 1. The second kappa shape index (κ2) is 8.93. The molecule has 162 valence electrons. The van der Waals surface area contributed by atoms with E-state index in [1.165, 1.54) is 13.2 Å². The number of allylic oxidation sites excluding steroid dienone is 1. The zero-order chi connectivity index (χ0) is 22.0. The number of halogens is 1. The van der Waals surface area contributed by atoms with E-state index in [-0.39, 0.29) is 0 Å². The molecule has 8 heteroatoms. The second-order valence-electron chi connectivity index (χ2n) is 7.17. The van der Waals surface area contributed by atoms with Crippen LogP contribution < -0.4 is 19.7 Å². The minimum absolute atomic E-state index is 0.331. The molecule has 0 fully saturated rings. The Bertz CT molecular complexity index is 1060. The van der Waals surface area contributed by atoms with Crippen molar-refractivity contribution in [2.75, 3.05) is 25.2 Å². The molecule has 0 saturated carbocycles. The van der Waals surface area contributed by atoms with Gasteiger partial charge in [0.05, 0.1) is 24.4 Å². The Labute approximate surface area is 185 Å². The van der Waals surface area contributed by atoms with Crippen molar-refractivity contribution < 1.29 is 23.4 Å². The number of carbonyl (C=O) groups is 1. The molecule has 4 rings (SSSR count). The van der Waals surface area contributed by atoms with Crippen molar-refractivity contribution in [3.63, 3.8) is 0 Å². The van der Waals surface area contributed by atoms with E-state index in [2.05, 4.69) is 5.32 Å². The predicted octanol–water partition coefficient (Wildman–Crippen LogP) is 4.26. The van der Waals surface area contributed by atoms with Gasteiger partial charge in [0.15, 0.2) is 16.6 Å². The Morgan fingerprint density at radius 2 is 1.97 bits per heavy atom. The van der Waals surface area contributed by atoms with E-state index in [1.807, 2.05) is 25.1 Å². The Morgan fingerprint density at radius 3 is 2.68 bits per heavy atom. The SMILES string of the molecule is CCCC1=C(C(=O)OC)[C@H](c2ccccc2F)NC(=S)N1c1ccc2c(c1)OCCO2.